The van der Waals surface area contributed by atoms with Crippen LogP contribution in [0, 0.1) is 10.1 Å². The van der Waals surface area contributed by atoms with Gasteiger partial charge in [-0.2, -0.15) is 0 Å². The zero-order valence-electron chi connectivity index (χ0n) is 14.9. The molecule has 0 aliphatic carbocycles. The fraction of sp³-hybridized carbons (Fsp3) is 0.111. The third kappa shape index (κ3) is 3.82. The van der Waals surface area contributed by atoms with Crippen LogP contribution in [0.2, 0.25) is 0 Å². The van der Waals surface area contributed by atoms with E-state index >= 15 is 0 Å². The van der Waals surface area contributed by atoms with Gasteiger partial charge in [-0.1, -0.05) is 6.07 Å². The van der Waals surface area contributed by atoms with Gasteiger partial charge in [0.25, 0.3) is 5.69 Å². The Morgan fingerprint density at radius 2 is 1.82 bits per heavy atom. The van der Waals surface area contributed by atoms with Gasteiger partial charge in [-0.05, 0) is 42.0 Å². The molecule has 9 nitrogen and oxygen atoms in total. The molecular formula is C18H15N3O6S. The minimum atomic E-state index is -3.65. The first-order valence-electron chi connectivity index (χ1n) is 7.98. The SMILES string of the molecule is CN(C)S(=O)(=O)c1cccc(C2=N/C(=C\c3ccc([N+](=O)[O-])cc3)C(=O)O2)c1. The Kier molecular flexibility index (Phi) is 5.08. The summed E-state index contributed by atoms with van der Waals surface area (Å²) in [4.78, 5) is 26.4. The van der Waals surface area contributed by atoms with Gasteiger partial charge < -0.3 is 4.74 Å². The molecule has 3 rings (SSSR count). The summed E-state index contributed by atoms with van der Waals surface area (Å²) in [5, 5.41) is 10.7. The van der Waals surface area contributed by atoms with Gasteiger partial charge in [0.2, 0.25) is 15.9 Å². The van der Waals surface area contributed by atoms with Crippen molar-refractivity contribution in [3.8, 4) is 0 Å². The lowest BCUT2D eigenvalue weighted by Crippen LogP contribution is -2.22. The Bertz CT molecular complexity index is 1120. The Morgan fingerprint density at radius 3 is 2.43 bits per heavy atom. The van der Waals surface area contributed by atoms with Crippen molar-refractivity contribution in [2.45, 2.75) is 4.90 Å². The van der Waals surface area contributed by atoms with E-state index in [2.05, 4.69) is 4.99 Å². The number of aliphatic imine (C=N–C) groups is 1. The van der Waals surface area contributed by atoms with E-state index in [1.54, 1.807) is 6.07 Å². The highest BCUT2D eigenvalue weighted by Gasteiger charge is 2.26. The molecule has 0 fully saturated rings. The number of ether oxygens (including phenoxy) is 1. The van der Waals surface area contributed by atoms with Crippen molar-refractivity contribution in [3.63, 3.8) is 0 Å². The van der Waals surface area contributed by atoms with Gasteiger partial charge in [0.15, 0.2) is 5.70 Å². The molecule has 28 heavy (non-hydrogen) atoms. The Labute approximate surface area is 160 Å². The number of rotatable bonds is 5. The summed E-state index contributed by atoms with van der Waals surface area (Å²) in [6.45, 7) is 0. The number of hydrogen-bond acceptors (Lipinski definition) is 7. The van der Waals surface area contributed by atoms with Gasteiger partial charge in [0.05, 0.1) is 9.82 Å². The van der Waals surface area contributed by atoms with E-state index in [4.69, 9.17) is 4.74 Å². The molecule has 2 aromatic carbocycles. The predicted molar refractivity (Wildman–Crippen MR) is 101 cm³/mol. The lowest BCUT2D eigenvalue weighted by molar-refractivity contribution is -0.384. The van der Waals surface area contributed by atoms with Crippen LogP contribution in [0.3, 0.4) is 0 Å². The quantitative estimate of drug-likeness (QED) is 0.328. The molecule has 0 radical (unpaired) electrons. The zero-order valence-corrected chi connectivity index (χ0v) is 15.7. The molecule has 144 valence electrons. The Balaban J connectivity index is 1.93. The van der Waals surface area contributed by atoms with Gasteiger partial charge in [-0.15, -0.1) is 0 Å². The molecule has 1 aliphatic rings. The summed E-state index contributed by atoms with van der Waals surface area (Å²) in [7, 11) is -0.814. The second-order valence-corrected chi connectivity index (χ2v) is 8.15. The third-order valence-corrected chi connectivity index (χ3v) is 5.70. The number of nitro benzene ring substituents is 1. The second kappa shape index (κ2) is 7.33. The van der Waals surface area contributed by atoms with Gasteiger partial charge >= 0.3 is 5.97 Å². The molecule has 10 heteroatoms. The fourth-order valence-corrected chi connectivity index (χ4v) is 3.33. The third-order valence-electron chi connectivity index (χ3n) is 3.89. The van der Waals surface area contributed by atoms with Crippen LogP contribution in [0.5, 0.6) is 0 Å². The number of carbonyl (C=O) groups excluding carboxylic acids is 1. The van der Waals surface area contributed by atoms with Crippen molar-refractivity contribution in [1.29, 1.82) is 0 Å². The van der Waals surface area contributed by atoms with E-state index in [9.17, 15) is 23.3 Å². The van der Waals surface area contributed by atoms with Crippen molar-refractivity contribution < 1.29 is 22.9 Å². The molecule has 0 N–H and O–H groups in total. The lowest BCUT2D eigenvalue weighted by Gasteiger charge is -2.11. The monoisotopic (exact) mass is 401 g/mol. The molecule has 0 saturated carbocycles. The highest BCUT2D eigenvalue weighted by atomic mass is 32.2. The summed E-state index contributed by atoms with van der Waals surface area (Å²) < 4.78 is 30.8. The van der Waals surface area contributed by atoms with Gasteiger partial charge in [-0.25, -0.2) is 22.5 Å². The average molecular weight is 401 g/mol. The number of hydrogen-bond donors (Lipinski definition) is 0. The summed E-state index contributed by atoms with van der Waals surface area (Å²) in [5.74, 6) is -0.719. The van der Waals surface area contributed by atoms with Crippen LogP contribution in [0.15, 0.2) is 64.1 Å². The number of nitro groups is 1. The number of esters is 1. The van der Waals surface area contributed by atoms with Gasteiger partial charge in [0, 0.05) is 31.8 Å². The van der Waals surface area contributed by atoms with E-state index in [0.717, 1.165) is 4.31 Å². The van der Waals surface area contributed by atoms with E-state index in [-0.39, 0.29) is 22.2 Å². The van der Waals surface area contributed by atoms with Crippen LogP contribution in [0.1, 0.15) is 11.1 Å². The second-order valence-electron chi connectivity index (χ2n) is 6.00. The number of cyclic esters (lactones) is 1. The van der Waals surface area contributed by atoms with Crippen molar-refractivity contribution in [1.82, 2.24) is 4.31 Å². The number of nitrogens with zero attached hydrogens (tertiary/aromatic N) is 3. The maximum Gasteiger partial charge on any atom is 0.363 e. The van der Waals surface area contributed by atoms with Crippen LogP contribution in [0.25, 0.3) is 6.08 Å². The minimum absolute atomic E-state index is 0.00437. The largest absolute Gasteiger partial charge is 0.402 e. The first kappa shape index (κ1) is 19.4. The smallest absolute Gasteiger partial charge is 0.363 e. The first-order chi connectivity index (χ1) is 13.2. The van der Waals surface area contributed by atoms with Crippen LogP contribution < -0.4 is 0 Å². The molecule has 2 aromatic rings. The standard InChI is InChI=1S/C18H15N3O6S/c1-20(2)28(25,26)15-5-3-4-13(11-15)17-19-16(18(22)27-17)10-12-6-8-14(9-7-12)21(23)24/h3-11H,1-2H3/b16-10-. The molecule has 0 spiro atoms. The highest BCUT2D eigenvalue weighted by molar-refractivity contribution is 7.89. The van der Waals surface area contributed by atoms with Crippen LogP contribution in [0.4, 0.5) is 5.69 Å². The normalized spacial score (nSPS) is 15.6. The van der Waals surface area contributed by atoms with Crippen LogP contribution >= 0.6 is 0 Å². The van der Waals surface area contributed by atoms with Crippen molar-refractivity contribution >= 4 is 33.7 Å². The maximum atomic E-state index is 12.3. The topological polar surface area (TPSA) is 119 Å². The summed E-state index contributed by atoms with van der Waals surface area (Å²) >= 11 is 0. The van der Waals surface area contributed by atoms with Crippen molar-refractivity contribution in [2.75, 3.05) is 14.1 Å². The Morgan fingerprint density at radius 1 is 1.14 bits per heavy atom. The van der Waals surface area contributed by atoms with E-state index < -0.39 is 20.9 Å². The highest BCUT2D eigenvalue weighted by Crippen LogP contribution is 2.22. The lowest BCUT2D eigenvalue weighted by atomic mass is 10.2. The molecule has 1 heterocycles. The predicted octanol–water partition coefficient (Wildman–Crippen LogP) is 2.19. The molecule has 0 aromatic heterocycles. The van der Waals surface area contributed by atoms with Crippen LogP contribution in [-0.2, 0) is 19.6 Å². The molecule has 0 unspecified atom stereocenters. The van der Waals surface area contributed by atoms with Crippen molar-refractivity contribution in [3.05, 3.63) is 75.5 Å². The summed E-state index contributed by atoms with van der Waals surface area (Å²) in [5.41, 5.74) is 0.804. The number of sulfonamides is 1. The minimum Gasteiger partial charge on any atom is -0.402 e. The molecular weight excluding hydrogens is 386 g/mol. The Hall–Kier alpha value is -3.37. The first-order valence-corrected chi connectivity index (χ1v) is 9.42. The van der Waals surface area contributed by atoms with E-state index in [1.165, 1.54) is 62.6 Å². The van der Waals surface area contributed by atoms with E-state index in [0.29, 0.717) is 11.1 Å². The molecule has 1 aliphatic heterocycles. The van der Waals surface area contributed by atoms with E-state index in [1.807, 2.05) is 0 Å². The maximum absolute atomic E-state index is 12.3. The summed E-state index contributed by atoms with van der Waals surface area (Å²) in [6.07, 6.45) is 1.43. The number of benzene rings is 2. The number of non-ortho nitro benzene ring substituents is 1. The molecule has 0 amide bonds. The van der Waals surface area contributed by atoms with Gasteiger partial charge in [-0.3, -0.25) is 10.1 Å². The molecule has 0 bridgehead atoms. The fourth-order valence-electron chi connectivity index (χ4n) is 2.38. The number of carbonyl (C=O) groups is 1. The van der Waals surface area contributed by atoms with Gasteiger partial charge in [0.1, 0.15) is 0 Å². The molecule has 0 atom stereocenters. The average Bonchev–Trinajstić information content (AvgIpc) is 3.02. The van der Waals surface area contributed by atoms with Crippen LogP contribution in [-0.4, -0.2) is 43.6 Å². The zero-order chi connectivity index (χ0) is 20.5. The van der Waals surface area contributed by atoms with Crippen molar-refractivity contribution in [2.24, 2.45) is 4.99 Å². The summed E-state index contributed by atoms with van der Waals surface area (Å²) in [6, 6.07) is 11.5. The molecule has 0 saturated heterocycles.